The Morgan fingerprint density at radius 3 is 2.53 bits per heavy atom. The van der Waals surface area contributed by atoms with E-state index >= 15 is 0 Å². The lowest BCUT2D eigenvalue weighted by molar-refractivity contribution is 0.309. The van der Waals surface area contributed by atoms with Crippen LogP contribution < -0.4 is 10.3 Å². The second-order valence-electron chi connectivity index (χ2n) is 8.36. The molecule has 3 heterocycles. The van der Waals surface area contributed by atoms with Gasteiger partial charge in [-0.1, -0.05) is 18.2 Å². The minimum atomic E-state index is -3.69. The normalized spacial score (nSPS) is 17.2. The third kappa shape index (κ3) is 3.88. The van der Waals surface area contributed by atoms with E-state index in [1.165, 1.54) is 11.4 Å². The summed E-state index contributed by atoms with van der Waals surface area (Å²) in [6.45, 7) is 2.43. The summed E-state index contributed by atoms with van der Waals surface area (Å²) >= 11 is 0. The van der Waals surface area contributed by atoms with Crippen LogP contribution in [0, 0.1) is 6.92 Å². The molecule has 0 saturated carbocycles. The maximum atomic E-state index is 13.3. The third-order valence-corrected chi connectivity index (χ3v) is 8.08. The number of nitrogens with zero attached hydrogens (tertiary/aromatic N) is 4. The highest BCUT2D eigenvalue weighted by Gasteiger charge is 2.32. The molecule has 0 radical (unpaired) electrons. The van der Waals surface area contributed by atoms with Gasteiger partial charge in [0.25, 0.3) is 5.56 Å². The molecule has 9 nitrogen and oxygen atoms in total. The first-order valence-electron chi connectivity index (χ1n) is 11.1. The molecule has 5 rings (SSSR count). The molecule has 0 aliphatic carbocycles. The summed E-state index contributed by atoms with van der Waals surface area (Å²) in [7, 11) is -2.15. The second kappa shape index (κ2) is 8.69. The van der Waals surface area contributed by atoms with Crippen LogP contribution in [-0.4, -0.2) is 52.7 Å². The summed E-state index contributed by atoms with van der Waals surface area (Å²) in [4.78, 5) is 20.9. The van der Waals surface area contributed by atoms with Crippen LogP contribution in [0.5, 0.6) is 5.75 Å². The number of aromatic amines is 1. The highest BCUT2D eigenvalue weighted by atomic mass is 32.2. The van der Waals surface area contributed by atoms with Crippen molar-refractivity contribution < 1.29 is 13.2 Å². The molecule has 1 fully saturated rings. The summed E-state index contributed by atoms with van der Waals surface area (Å²) in [5, 5.41) is 4.97. The number of fused-ring (bicyclic) bond motifs is 1. The van der Waals surface area contributed by atoms with Crippen LogP contribution in [-0.2, 0) is 10.0 Å². The molecular weight excluding hydrogens is 454 g/mol. The molecule has 1 atom stereocenters. The predicted molar refractivity (Wildman–Crippen MR) is 128 cm³/mol. The molecule has 0 spiro atoms. The van der Waals surface area contributed by atoms with Gasteiger partial charge in [-0.15, -0.1) is 0 Å². The second-order valence-corrected chi connectivity index (χ2v) is 10.3. The van der Waals surface area contributed by atoms with Gasteiger partial charge in [-0.2, -0.15) is 9.40 Å². The average molecular weight is 480 g/mol. The summed E-state index contributed by atoms with van der Waals surface area (Å²) in [5.41, 5.74) is 1.59. The monoisotopic (exact) mass is 479 g/mol. The van der Waals surface area contributed by atoms with E-state index in [1.807, 2.05) is 30.3 Å². The summed E-state index contributed by atoms with van der Waals surface area (Å²) in [6, 6.07) is 15.9. The van der Waals surface area contributed by atoms with Gasteiger partial charge in [0.15, 0.2) is 5.65 Å². The molecular formula is C24H25N5O4S. The van der Waals surface area contributed by atoms with E-state index in [-0.39, 0.29) is 22.9 Å². The van der Waals surface area contributed by atoms with E-state index in [0.717, 1.165) is 12.1 Å². The van der Waals surface area contributed by atoms with E-state index in [9.17, 15) is 13.2 Å². The lowest BCUT2D eigenvalue weighted by Gasteiger charge is -2.31. The van der Waals surface area contributed by atoms with Gasteiger partial charge >= 0.3 is 0 Å². The van der Waals surface area contributed by atoms with E-state index in [2.05, 4.69) is 10.1 Å². The zero-order valence-corrected chi connectivity index (χ0v) is 19.7. The highest BCUT2D eigenvalue weighted by molar-refractivity contribution is 7.89. The molecule has 10 heteroatoms. The van der Waals surface area contributed by atoms with Crippen LogP contribution in [0.25, 0.3) is 16.7 Å². The van der Waals surface area contributed by atoms with Crippen molar-refractivity contribution in [3.8, 4) is 11.4 Å². The maximum Gasteiger partial charge on any atom is 0.262 e. The van der Waals surface area contributed by atoms with Gasteiger partial charge in [-0.3, -0.25) is 4.79 Å². The first-order chi connectivity index (χ1) is 16.4. The van der Waals surface area contributed by atoms with Crippen molar-refractivity contribution in [1.82, 2.24) is 24.1 Å². The van der Waals surface area contributed by atoms with Gasteiger partial charge < -0.3 is 9.72 Å². The number of para-hydroxylation sites is 1. The molecule has 1 N–H and O–H groups in total. The average Bonchev–Trinajstić information content (AvgIpc) is 3.21. The molecule has 4 aromatic rings. The SMILES string of the molecule is COc1ccc(S(=O)(=O)N2CCCC(c3nc4c(c(C)nn4-c4ccccc4)c(=O)[nH]3)C2)cc1. The molecule has 2 aromatic carbocycles. The van der Waals surface area contributed by atoms with Crippen LogP contribution in [0.1, 0.15) is 30.3 Å². The van der Waals surface area contributed by atoms with Gasteiger partial charge in [0, 0.05) is 19.0 Å². The number of hydrogen-bond donors (Lipinski definition) is 1. The Balaban J connectivity index is 1.50. The Hall–Kier alpha value is -3.50. The first-order valence-corrected chi connectivity index (χ1v) is 12.5. The molecule has 0 amide bonds. The number of rotatable bonds is 5. The van der Waals surface area contributed by atoms with Crippen molar-refractivity contribution >= 4 is 21.1 Å². The Kier molecular flexibility index (Phi) is 5.70. The van der Waals surface area contributed by atoms with Crippen LogP contribution in [0.4, 0.5) is 0 Å². The Morgan fingerprint density at radius 2 is 1.82 bits per heavy atom. The Morgan fingerprint density at radius 1 is 1.09 bits per heavy atom. The number of piperidine rings is 1. The van der Waals surface area contributed by atoms with Crippen molar-refractivity contribution in [1.29, 1.82) is 0 Å². The van der Waals surface area contributed by atoms with E-state index in [4.69, 9.17) is 9.72 Å². The number of H-pyrrole nitrogens is 1. The van der Waals surface area contributed by atoms with Gasteiger partial charge in [0.2, 0.25) is 10.0 Å². The van der Waals surface area contributed by atoms with Gasteiger partial charge in [0.05, 0.1) is 23.4 Å². The van der Waals surface area contributed by atoms with E-state index < -0.39 is 10.0 Å². The standard InChI is InChI=1S/C24H25N5O4S/c1-16-21-23(29(27-16)18-8-4-3-5-9-18)25-22(26-24(21)30)17-7-6-14-28(15-17)34(31,32)20-12-10-19(33-2)11-13-20/h3-5,8-13,17H,6-7,14-15H2,1-2H3,(H,25,26,30). The lowest BCUT2D eigenvalue weighted by Crippen LogP contribution is -2.39. The van der Waals surface area contributed by atoms with Crippen molar-refractivity contribution in [2.45, 2.75) is 30.6 Å². The van der Waals surface area contributed by atoms with Crippen LogP contribution in [0.2, 0.25) is 0 Å². The minimum Gasteiger partial charge on any atom is -0.497 e. The van der Waals surface area contributed by atoms with E-state index in [1.54, 1.807) is 35.9 Å². The molecule has 176 valence electrons. The largest absolute Gasteiger partial charge is 0.497 e. The van der Waals surface area contributed by atoms with Crippen LogP contribution in [0.15, 0.2) is 64.3 Å². The highest BCUT2D eigenvalue weighted by Crippen LogP contribution is 2.30. The number of aromatic nitrogens is 4. The minimum absolute atomic E-state index is 0.212. The smallest absolute Gasteiger partial charge is 0.262 e. The van der Waals surface area contributed by atoms with Crippen molar-refractivity contribution in [3.05, 3.63) is 76.5 Å². The Bertz CT molecular complexity index is 1490. The quantitative estimate of drug-likeness (QED) is 0.471. The van der Waals surface area contributed by atoms with Crippen molar-refractivity contribution in [3.63, 3.8) is 0 Å². The fourth-order valence-corrected chi connectivity index (χ4v) is 5.95. The van der Waals surface area contributed by atoms with Crippen LogP contribution in [0.3, 0.4) is 0 Å². The topological polar surface area (TPSA) is 110 Å². The summed E-state index contributed by atoms with van der Waals surface area (Å²) < 4.78 is 34.8. The number of nitrogens with one attached hydrogen (secondary N) is 1. The third-order valence-electron chi connectivity index (χ3n) is 6.20. The number of ether oxygens (including phenoxy) is 1. The number of aryl methyl sites for hydroxylation is 1. The zero-order valence-electron chi connectivity index (χ0n) is 18.9. The zero-order chi connectivity index (χ0) is 23.9. The van der Waals surface area contributed by atoms with Gasteiger partial charge in [-0.05, 0) is 56.2 Å². The molecule has 34 heavy (non-hydrogen) atoms. The maximum absolute atomic E-state index is 13.3. The fourth-order valence-electron chi connectivity index (χ4n) is 4.43. The van der Waals surface area contributed by atoms with E-state index in [0.29, 0.717) is 41.3 Å². The van der Waals surface area contributed by atoms with Crippen LogP contribution >= 0.6 is 0 Å². The number of hydrogen-bond acceptors (Lipinski definition) is 6. The fraction of sp³-hybridized carbons (Fsp3) is 0.292. The predicted octanol–water partition coefficient (Wildman–Crippen LogP) is 2.99. The molecule has 1 aliphatic rings. The summed E-state index contributed by atoms with van der Waals surface area (Å²) in [6.07, 6.45) is 1.39. The summed E-state index contributed by atoms with van der Waals surface area (Å²) in [5.74, 6) is 0.832. The number of methoxy groups -OCH3 is 1. The van der Waals surface area contributed by atoms with Gasteiger partial charge in [-0.25, -0.2) is 18.1 Å². The number of sulfonamides is 1. The lowest BCUT2D eigenvalue weighted by atomic mass is 9.99. The Labute approximate surface area is 197 Å². The van der Waals surface area contributed by atoms with Crippen molar-refractivity contribution in [2.75, 3.05) is 20.2 Å². The molecule has 2 aromatic heterocycles. The molecule has 1 unspecified atom stereocenters. The molecule has 1 aliphatic heterocycles. The van der Waals surface area contributed by atoms with Gasteiger partial charge in [0.1, 0.15) is 17.0 Å². The molecule has 1 saturated heterocycles. The first kappa shape index (κ1) is 22.3. The number of benzene rings is 2. The molecule has 0 bridgehead atoms. The van der Waals surface area contributed by atoms with Crippen molar-refractivity contribution in [2.24, 2.45) is 0 Å².